The first kappa shape index (κ1) is 17.8. The highest BCUT2D eigenvalue weighted by atomic mass is 35.5. The first-order valence-electron chi connectivity index (χ1n) is 7.30. The lowest BCUT2D eigenvalue weighted by Gasteiger charge is -2.15. The lowest BCUT2D eigenvalue weighted by atomic mass is 10.2. The monoisotopic (exact) mass is 312 g/mol. The number of hydrogen-bond acceptors (Lipinski definition) is 3. The van der Waals surface area contributed by atoms with E-state index in [0.717, 1.165) is 5.56 Å². The number of benzene rings is 1. The molecule has 21 heavy (non-hydrogen) atoms. The third-order valence-electron chi connectivity index (χ3n) is 2.83. The molecule has 0 saturated heterocycles. The van der Waals surface area contributed by atoms with Gasteiger partial charge in [0, 0.05) is 29.7 Å². The van der Waals surface area contributed by atoms with Crippen LogP contribution in [-0.4, -0.2) is 25.1 Å². The zero-order chi connectivity index (χ0) is 15.8. The molecule has 0 unspecified atom stereocenters. The Morgan fingerprint density at radius 3 is 2.62 bits per heavy atom. The van der Waals surface area contributed by atoms with Gasteiger partial charge in [0.2, 0.25) is 0 Å². The SMILES string of the molecule is CC(C)CNC(=O)COc1cccc(Cl)c1CNC(C)C. The first-order valence-corrected chi connectivity index (χ1v) is 7.68. The summed E-state index contributed by atoms with van der Waals surface area (Å²) in [6, 6.07) is 5.83. The van der Waals surface area contributed by atoms with E-state index in [0.29, 0.717) is 35.8 Å². The molecule has 0 fully saturated rings. The van der Waals surface area contributed by atoms with Gasteiger partial charge in [-0.1, -0.05) is 45.4 Å². The predicted molar refractivity (Wildman–Crippen MR) is 86.8 cm³/mol. The van der Waals surface area contributed by atoms with Crippen molar-refractivity contribution < 1.29 is 9.53 Å². The topological polar surface area (TPSA) is 50.4 Å². The Morgan fingerprint density at radius 1 is 1.29 bits per heavy atom. The standard InChI is InChI=1S/C16H25ClN2O2/c1-11(2)8-19-16(20)10-21-15-7-5-6-14(17)13(15)9-18-12(3)4/h5-7,11-12,18H,8-10H2,1-4H3,(H,19,20). The first-order chi connectivity index (χ1) is 9.90. The van der Waals surface area contributed by atoms with Crippen LogP contribution in [0.25, 0.3) is 0 Å². The molecule has 5 heteroatoms. The minimum absolute atomic E-state index is 0.00173. The van der Waals surface area contributed by atoms with Gasteiger partial charge in [-0.15, -0.1) is 0 Å². The minimum atomic E-state index is -0.119. The van der Waals surface area contributed by atoms with E-state index >= 15 is 0 Å². The maximum Gasteiger partial charge on any atom is 0.257 e. The second-order valence-electron chi connectivity index (χ2n) is 5.74. The highest BCUT2D eigenvalue weighted by molar-refractivity contribution is 6.31. The van der Waals surface area contributed by atoms with Gasteiger partial charge in [-0.25, -0.2) is 0 Å². The molecule has 4 nitrogen and oxygen atoms in total. The Morgan fingerprint density at radius 2 is 2.00 bits per heavy atom. The summed E-state index contributed by atoms with van der Waals surface area (Å²) in [4.78, 5) is 11.7. The Kier molecular flexibility index (Phi) is 7.54. The summed E-state index contributed by atoms with van der Waals surface area (Å²) in [5.41, 5.74) is 0.879. The highest BCUT2D eigenvalue weighted by Gasteiger charge is 2.10. The third-order valence-corrected chi connectivity index (χ3v) is 3.18. The molecule has 0 aliphatic rings. The molecule has 0 bridgehead atoms. The van der Waals surface area contributed by atoms with Gasteiger partial charge in [0.05, 0.1) is 0 Å². The van der Waals surface area contributed by atoms with E-state index in [-0.39, 0.29) is 12.5 Å². The van der Waals surface area contributed by atoms with Crippen LogP contribution in [0.4, 0.5) is 0 Å². The van der Waals surface area contributed by atoms with E-state index in [9.17, 15) is 4.79 Å². The minimum Gasteiger partial charge on any atom is -0.483 e. The third kappa shape index (κ3) is 6.82. The second-order valence-corrected chi connectivity index (χ2v) is 6.15. The summed E-state index contributed by atoms with van der Waals surface area (Å²) in [6.45, 7) is 9.50. The van der Waals surface area contributed by atoms with Crippen molar-refractivity contribution >= 4 is 17.5 Å². The van der Waals surface area contributed by atoms with Crippen molar-refractivity contribution in [3.8, 4) is 5.75 Å². The van der Waals surface area contributed by atoms with Crippen LogP contribution in [0.3, 0.4) is 0 Å². The average molecular weight is 313 g/mol. The summed E-state index contributed by atoms with van der Waals surface area (Å²) in [7, 11) is 0. The number of rotatable bonds is 8. The normalized spacial score (nSPS) is 11.0. The molecule has 0 aliphatic carbocycles. The summed E-state index contributed by atoms with van der Waals surface area (Å²) >= 11 is 6.21. The fourth-order valence-corrected chi connectivity index (χ4v) is 1.90. The van der Waals surface area contributed by atoms with Crippen LogP contribution in [0.15, 0.2) is 18.2 Å². The van der Waals surface area contributed by atoms with Crippen LogP contribution < -0.4 is 15.4 Å². The zero-order valence-corrected chi connectivity index (χ0v) is 14.0. The van der Waals surface area contributed by atoms with Gasteiger partial charge in [-0.3, -0.25) is 4.79 Å². The fraction of sp³-hybridized carbons (Fsp3) is 0.562. The quantitative estimate of drug-likeness (QED) is 0.776. The molecule has 1 aromatic rings. The van der Waals surface area contributed by atoms with Gasteiger partial charge in [0.1, 0.15) is 5.75 Å². The van der Waals surface area contributed by atoms with Crippen molar-refractivity contribution in [2.75, 3.05) is 13.2 Å². The summed E-state index contributed by atoms with van der Waals surface area (Å²) in [6.07, 6.45) is 0. The predicted octanol–water partition coefficient (Wildman–Crippen LogP) is 2.99. The number of carbonyl (C=O) groups is 1. The molecule has 118 valence electrons. The van der Waals surface area contributed by atoms with Crippen LogP contribution in [0, 0.1) is 5.92 Å². The van der Waals surface area contributed by atoms with Crippen LogP contribution in [-0.2, 0) is 11.3 Å². The molecule has 0 aromatic heterocycles. The second kappa shape index (κ2) is 8.90. The molecule has 0 atom stereocenters. The maximum absolute atomic E-state index is 11.7. The van der Waals surface area contributed by atoms with Gasteiger partial charge >= 0.3 is 0 Å². The van der Waals surface area contributed by atoms with Crippen LogP contribution in [0.2, 0.25) is 5.02 Å². The lowest BCUT2D eigenvalue weighted by Crippen LogP contribution is -2.32. The molecule has 1 aromatic carbocycles. The molecule has 2 N–H and O–H groups in total. The molecule has 0 aliphatic heterocycles. The van der Waals surface area contributed by atoms with E-state index in [2.05, 4.69) is 24.5 Å². The largest absolute Gasteiger partial charge is 0.483 e. The molecule has 1 amide bonds. The maximum atomic E-state index is 11.7. The summed E-state index contributed by atoms with van der Waals surface area (Å²) in [5, 5.41) is 6.77. The van der Waals surface area contributed by atoms with E-state index in [1.165, 1.54) is 0 Å². The van der Waals surface area contributed by atoms with E-state index in [4.69, 9.17) is 16.3 Å². The number of hydrogen-bond donors (Lipinski definition) is 2. The molecule has 0 heterocycles. The van der Waals surface area contributed by atoms with Crippen molar-refractivity contribution in [2.24, 2.45) is 5.92 Å². The average Bonchev–Trinajstić information content (AvgIpc) is 2.41. The molecule has 1 rings (SSSR count). The van der Waals surface area contributed by atoms with E-state index < -0.39 is 0 Å². The van der Waals surface area contributed by atoms with Crippen LogP contribution in [0.5, 0.6) is 5.75 Å². The van der Waals surface area contributed by atoms with Crippen LogP contribution in [0.1, 0.15) is 33.3 Å². The molecule has 0 spiro atoms. The fourth-order valence-electron chi connectivity index (χ4n) is 1.66. The van der Waals surface area contributed by atoms with Crippen molar-refractivity contribution in [2.45, 2.75) is 40.3 Å². The van der Waals surface area contributed by atoms with Crippen molar-refractivity contribution in [1.82, 2.24) is 10.6 Å². The van der Waals surface area contributed by atoms with E-state index in [1.807, 2.05) is 32.0 Å². The molecular formula is C16H25ClN2O2. The smallest absolute Gasteiger partial charge is 0.257 e. The number of ether oxygens (including phenoxy) is 1. The van der Waals surface area contributed by atoms with Gasteiger partial charge in [0.15, 0.2) is 6.61 Å². The number of amides is 1. The molecular weight excluding hydrogens is 288 g/mol. The summed E-state index contributed by atoms with van der Waals surface area (Å²) < 4.78 is 5.61. The zero-order valence-electron chi connectivity index (χ0n) is 13.2. The highest BCUT2D eigenvalue weighted by Crippen LogP contribution is 2.26. The summed E-state index contributed by atoms with van der Waals surface area (Å²) in [5.74, 6) is 0.952. The Labute approximate surface area is 132 Å². The Bertz CT molecular complexity index is 462. The van der Waals surface area contributed by atoms with Gasteiger partial charge in [0.25, 0.3) is 5.91 Å². The van der Waals surface area contributed by atoms with Gasteiger partial charge < -0.3 is 15.4 Å². The van der Waals surface area contributed by atoms with Crippen molar-refractivity contribution in [3.63, 3.8) is 0 Å². The Hall–Kier alpha value is -1.26. The number of nitrogens with one attached hydrogen (secondary N) is 2. The van der Waals surface area contributed by atoms with Gasteiger partial charge in [-0.2, -0.15) is 0 Å². The molecule has 0 saturated carbocycles. The number of halogens is 1. The van der Waals surface area contributed by atoms with E-state index in [1.54, 1.807) is 0 Å². The Balaban J connectivity index is 2.61. The lowest BCUT2D eigenvalue weighted by molar-refractivity contribution is -0.123. The van der Waals surface area contributed by atoms with Gasteiger partial charge in [-0.05, 0) is 18.1 Å². The van der Waals surface area contributed by atoms with Crippen molar-refractivity contribution in [3.05, 3.63) is 28.8 Å². The van der Waals surface area contributed by atoms with Crippen molar-refractivity contribution in [1.29, 1.82) is 0 Å². The number of carbonyl (C=O) groups excluding carboxylic acids is 1. The van der Waals surface area contributed by atoms with Crippen LogP contribution >= 0.6 is 11.6 Å². The molecule has 0 radical (unpaired) electrons.